The Morgan fingerprint density at radius 2 is 0.736 bits per heavy atom. The highest BCUT2D eigenvalue weighted by Gasteiger charge is 2.33. The van der Waals surface area contributed by atoms with Crippen LogP contribution in [0.4, 0.5) is 0 Å². The van der Waals surface area contributed by atoms with Crippen LogP contribution in [0.15, 0.2) is 106 Å². The molecule has 0 fully saturated rings. The van der Waals surface area contributed by atoms with E-state index in [1.54, 1.807) is 41.5 Å². The molecule has 0 rings (SSSR count). The van der Waals surface area contributed by atoms with Crippen LogP contribution >= 0.6 is 0 Å². The number of nitrogens with one attached hydrogen (secondary N) is 4. The fourth-order valence-electron chi connectivity index (χ4n) is 4.70. The molecule has 0 aromatic heterocycles. The first-order valence-corrected chi connectivity index (χ1v) is 16.9. The first kappa shape index (κ1) is 47.3. The van der Waals surface area contributed by atoms with Crippen molar-refractivity contribution in [2.75, 3.05) is 19.6 Å². The van der Waals surface area contributed by atoms with Crippen molar-refractivity contribution in [1.29, 1.82) is 0 Å². The fourth-order valence-corrected chi connectivity index (χ4v) is 4.70. The molecule has 0 saturated carbocycles. The topological polar surface area (TPSA) is 238 Å². The Hall–Kier alpha value is -5.66. The highest BCUT2D eigenvalue weighted by atomic mass is 16.3. The third-order valence-corrected chi connectivity index (χ3v) is 7.44. The van der Waals surface area contributed by atoms with Crippen LogP contribution in [0.5, 0.6) is 0 Å². The van der Waals surface area contributed by atoms with Crippen LogP contribution in [0.3, 0.4) is 0 Å². The molecule has 0 unspecified atom stereocenters. The van der Waals surface area contributed by atoms with Crippen LogP contribution in [0.2, 0.25) is 0 Å². The molecule has 0 aliphatic carbocycles. The van der Waals surface area contributed by atoms with E-state index in [-0.39, 0.29) is 74.9 Å². The lowest BCUT2D eigenvalue weighted by Gasteiger charge is -2.35. The molecule has 0 aliphatic rings. The van der Waals surface area contributed by atoms with Gasteiger partial charge in [-0.2, -0.15) is 0 Å². The predicted octanol–water partition coefficient (Wildman–Crippen LogP) is 6.10. The Morgan fingerprint density at radius 3 is 0.943 bits per heavy atom. The molecule has 0 radical (unpaired) electrons. The lowest BCUT2D eigenvalue weighted by molar-refractivity contribution is -0.126. The first-order chi connectivity index (χ1) is 24.5. The Labute approximate surface area is 312 Å². The third kappa shape index (κ3) is 19.5. The van der Waals surface area contributed by atoms with Crippen LogP contribution in [0.1, 0.15) is 87.0 Å². The minimum atomic E-state index is -1.25. The zero-order chi connectivity index (χ0) is 41.1. The molecule has 14 heteroatoms. The molecule has 0 aromatic carbocycles. The number of carbonyl (C=O) groups is 4. The highest BCUT2D eigenvalue weighted by molar-refractivity contribution is 5.79. The smallest absolute Gasteiger partial charge is 0.220 e. The van der Waals surface area contributed by atoms with Crippen molar-refractivity contribution in [2.24, 2.45) is 0 Å². The molecular formula is C39H58N4O10. The molecule has 0 spiro atoms. The summed E-state index contributed by atoms with van der Waals surface area (Å²) in [6.07, 6.45) is 3.41. The summed E-state index contributed by atoms with van der Waals surface area (Å²) in [4.78, 5) is 51.3. The van der Waals surface area contributed by atoms with E-state index in [9.17, 15) is 49.8 Å². The number of allylic oxidation sites excluding steroid dienone is 6. The molecule has 14 nitrogen and oxygen atoms in total. The molecule has 4 amide bonds. The van der Waals surface area contributed by atoms with Crippen molar-refractivity contribution in [3.05, 3.63) is 106 Å². The second kappa shape index (κ2) is 23.0. The minimum absolute atomic E-state index is 0.0179. The van der Waals surface area contributed by atoms with Gasteiger partial charge in [-0.3, -0.25) is 19.2 Å². The number of hydrogen-bond acceptors (Lipinski definition) is 10. The van der Waals surface area contributed by atoms with E-state index in [1.807, 2.05) is 0 Å². The van der Waals surface area contributed by atoms with Crippen LogP contribution in [-0.2, 0) is 19.2 Å². The summed E-state index contributed by atoms with van der Waals surface area (Å²) in [5.41, 5.74) is 1.05. The van der Waals surface area contributed by atoms with Crippen molar-refractivity contribution < 1.29 is 49.8 Å². The van der Waals surface area contributed by atoms with Crippen molar-refractivity contribution in [2.45, 2.75) is 92.5 Å². The van der Waals surface area contributed by atoms with E-state index in [0.717, 1.165) is 16.7 Å². The van der Waals surface area contributed by atoms with Crippen LogP contribution < -0.4 is 21.3 Å². The largest absolute Gasteiger partial charge is 0.504 e. The van der Waals surface area contributed by atoms with Crippen molar-refractivity contribution >= 4 is 23.6 Å². The van der Waals surface area contributed by atoms with Gasteiger partial charge in [-0.15, -0.1) is 0 Å². The van der Waals surface area contributed by atoms with Gasteiger partial charge >= 0.3 is 0 Å². The Morgan fingerprint density at radius 1 is 0.491 bits per heavy atom. The van der Waals surface area contributed by atoms with Crippen LogP contribution in [-0.4, -0.2) is 79.4 Å². The maximum Gasteiger partial charge on any atom is 0.220 e. The molecule has 294 valence electrons. The van der Waals surface area contributed by atoms with E-state index in [4.69, 9.17) is 0 Å². The molecular weight excluding hydrogens is 684 g/mol. The lowest BCUT2D eigenvalue weighted by atomic mass is 9.83. The second-order valence-corrected chi connectivity index (χ2v) is 13.5. The molecule has 0 saturated heterocycles. The molecule has 0 atom stereocenters. The van der Waals surface area contributed by atoms with E-state index in [0.29, 0.717) is 0 Å². The summed E-state index contributed by atoms with van der Waals surface area (Å²) in [7, 11) is 0. The van der Waals surface area contributed by atoms with E-state index >= 15 is 0 Å². The molecule has 0 aromatic rings. The Balaban J connectivity index is 6.02. The molecule has 0 bridgehead atoms. The molecule has 0 aliphatic heterocycles. The molecule has 53 heavy (non-hydrogen) atoms. The maximum atomic E-state index is 12.9. The van der Waals surface area contributed by atoms with Crippen LogP contribution in [0, 0.1) is 0 Å². The average molecular weight is 743 g/mol. The standard InChI is InChI=1S/C39H58N4O10/c1-23(2)17-30(45)36(51)26(7)20-40-33(48)11-14-39(43-29(10)44,15-12-34(49)41-21-27(8)37(52)31(46)18-24(3)4)16-13-35(50)42-22-28(9)38(53)32(47)19-25(5)6/h17-19,45-47,51-53H,7-9,11-16,20-22H2,1-6,10H3,(H,40,48)(H,41,49)(H,42,50)(H,43,44)/b36-30-,37-31-,38-32-. The van der Waals surface area contributed by atoms with Gasteiger partial charge in [0, 0.05) is 68.1 Å². The van der Waals surface area contributed by atoms with Gasteiger partial charge in [0.25, 0.3) is 0 Å². The van der Waals surface area contributed by atoms with Crippen molar-refractivity contribution in [3.63, 3.8) is 0 Å². The van der Waals surface area contributed by atoms with E-state index in [2.05, 4.69) is 41.0 Å². The van der Waals surface area contributed by atoms with Gasteiger partial charge in [-0.25, -0.2) is 0 Å². The normalized spacial score (nSPS) is 12.4. The average Bonchev–Trinajstić information content (AvgIpc) is 3.06. The minimum Gasteiger partial charge on any atom is -0.504 e. The zero-order valence-electron chi connectivity index (χ0n) is 32.0. The second-order valence-electron chi connectivity index (χ2n) is 13.5. The maximum absolute atomic E-state index is 12.9. The Bertz CT molecular complexity index is 1420. The third-order valence-electron chi connectivity index (χ3n) is 7.44. The van der Waals surface area contributed by atoms with Gasteiger partial charge in [0.05, 0.1) is 0 Å². The first-order valence-electron chi connectivity index (χ1n) is 16.9. The Kier molecular flexibility index (Phi) is 20.6. The van der Waals surface area contributed by atoms with Gasteiger partial charge < -0.3 is 51.9 Å². The summed E-state index contributed by atoms with van der Waals surface area (Å²) in [5, 5.41) is 71.4. The van der Waals surface area contributed by atoms with E-state index in [1.165, 1.54) is 25.2 Å². The highest BCUT2D eigenvalue weighted by Crippen LogP contribution is 2.26. The summed E-state index contributed by atoms with van der Waals surface area (Å²) in [6.45, 7) is 22.0. The number of hydrogen-bond donors (Lipinski definition) is 10. The fraction of sp³-hybridized carbons (Fsp3) is 0.436. The predicted molar refractivity (Wildman–Crippen MR) is 206 cm³/mol. The van der Waals surface area contributed by atoms with Gasteiger partial charge in [-0.1, -0.05) is 36.5 Å². The monoisotopic (exact) mass is 742 g/mol. The van der Waals surface area contributed by atoms with Gasteiger partial charge in [-0.05, 0) is 79.0 Å². The number of amides is 4. The molecule has 0 heterocycles. The summed E-state index contributed by atoms with van der Waals surface area (Å²) < 4.78 is 0. The van der Waals surface area contributed by atoms with Gasteiger partial charge in [0.1, 0.15) is 0 Å². The van der Waals surface area contributed by atoms with Gasteiger partial charge in [0.2, 0.25) is 23.6 Å². The summed E-state index contributed by atoms with van der Waals surface area (Å²) in [6, 6.07) is 0. The quantitative estimate of drug-likeness (QED) is 0.0452. The SMILES string of the molecule is C=C(CNC(=O)CCC(CCC(=O)NCC(=C)/C(O)=C(/O)C=C(C)C)(CCC(=O)NCC(=C)/C(O)=C(/O)C=C(C)C)NC(C)=O)/C(O)=C(/O)C=C(C)C. The summed E-state index contributed by atoms with van der Waals surface area (Å²) in [5.74, 6) is -4.72. The van der Waals surface area contributed by atoms with Crippen molar-refractivity contribution in [3.8, 4) is 0 Å². The van der Waals surface area contributed by atoms with Crippen LogP contribution in [0.25, 0.3) is 0 Å². The van der Waals surface area contributed by atoms with Gasteiger partial charge in [0.15, 0.2) is 34.6 Å². The zero-order valence-corrected chi connectivity index (χ0v) is 32.0. The van der Waals surface area contributed by atoms with Crippen molar-refractivity contribution in [1.82, 2.24) is 21.3 Å². The lowest BCUT2D eigenvalue weighted by Crippen LogP contribution is -2.50. The number of rotatable bonds is 22. The molecule has 10 N–H and O–H groups in total. The van der Waals surface area contributed by atoms with E-state index < -0.39 is 63.7 Å². The summed E-state index contributed by atoms with van der Waals surface area (Å²) >= 11 is 0. The number of aliphatic hydroxyl groups excluding tert-OH is 6. The number of aliphatic hydroxyl groups is 6. The number of carbonyl (C=O) groups excluding carboxylic acids is 4.